The van der Waals surface area contributed by atoms with Crippen LogP contribution >= 0.6 is 23.1 Å². The fraction of sp³-hybridized carbons (Fsp3) is 0.375. The summed E-state index contributed by atoms with van der Waals surface area (Å²) in [6.45, 7) is 0.994. The molecule has 29 heavy (non-hydrogen) atoms. The van der Waals surface area contributed by atoms with Crippen LogP contribution in [0.15, 0.2) is 27.3 Å². The van der Waals surface area contributed by atoms with Gasteiger partial charge in [-0.1, -0.05) is 5.16 Å². The Morgan fingerprint density at radius 1 is 1.45 bits per heavy atom. The van der Waals surface area contributed by atoms with Crippen molar-refractivity contribution in [2.45, 2.75) is 18.3 Å². The number of hydrogen-bond acceptors (Lipinski definition) is 10. The Bertz CT molecular complexity index is 912. The monoisotopic (exact) mass is 440 g/mol. The van der Waals surface area contributed by atoms with Crippen LogP contribution in [-0.4, -0.2) is 75.3 Å². The number of nitrogens with zero attached hydrogens (tertiary/aromatic N) is 3. The van der Waals surface area contributed by atoms with Crippen LogP contribution in [0, 0.1) is 0 Å². The molecule has 154 valence electrons. The van der Waals surface area contributed by atoms with Gasteiger partial charge in [0.25, 0.3) is 11.8 Å². The standard InChI is InChI=1S/C16H16N4O7S2/c1-7(21)27-3-8-4-29-15-11(14(23)20(15)12(8)16(24)25)18-13(22)10(19-26-2)9-5-28-6-17-9/h5-6,11,15H,3-4H2,1-2H3,(H,18,22)(H,24,25)/t11-,15-/m1/s1. The van der Waals surface area contributed by atoms with Crippen LogP contribution in [0.4, 0.5) is 0 Å². The second kappa shape index (κ2) is 8.61. The number of carbonyl (C=O) groups is 4. The lowest BCUT2D eigenvalue weighted by atomic mass is 10.0. The van der Waals surface area contributed by atoms with E-state index in [-0.39, 0.29) is 23.8 Å². The Balaban J connectivity index is 1.77. The number of carboxylic acids is 1. The number of aliphatic carboxylic acids is 1. The maximum atomic E-state index is 12.6. The molecule has 0 radical (unpaired) electrons. The van der Waals surface area contributed by atoms with Gasteiger partial charge in [-0.2, -0.15) is 0 Å². The highest BCUT2D eigenvalue weighted by atomic mass is 32.2. The predicted octanol–water partition coefficient (Wildman–Crippen LogP) is -0.205. The van der Waals surface area contributed by atoms with Crippen LogP contribution in [0.5, 0.6) is 0 Å². The predicted molar refractivity (Wildman–Crippen MR) is 102 cm³/mol. The first kappa shape index (κ1) is 20.8. The number of hydrogen-bond donors (Lipinski definition) is 2. The summed E-state index contributed by atoms with van der Waals surface area (Å²) in [5.41, 5.74) is 1.82. The normalized spacial score (nSPS) is 21.2. The van der Waals surface area contributed by atoms with E-state index in [0.29, 0.717) is 11.3 Å². The van der Waals surface area contributed by atoms with Gasteiger partial charge in [0, 0.05) is 23.6 Å². The minimum Gasteiger partial charge on any atom is -0.477 e. The van der Waals surface area contributed by atoms with Crippen LogP contribution in [-0.2, 0) is 28.8 Å². The van der Waals surface area contributed by atoms with Crippen LogP contribution in [0.1, 0.15) is 12.6 Å². The molecule has 1 aromatic rings. The zero-order chi connectivity index (χ0) is 21.1. The average Bonchev–Trinajstić information content (AvgIpc) is 3.21. The average molecular weight is 440 g/mol. The van der Waals surface area contributed by atoms with Crippen molar-refractivity contribution in [2.75, 3.05) is 19.5 Å². The van der Waals surface area contributed by atoms with Crippen molar-refractivity contribution in [2.24, 2.45) is 5.16 Å². The maximum absolute atomic E-state index is 12.6. The molecular weight excluding hydrogens is 424 g/mol. The number of carboxylic acid groups (broad SMARTS) is 1. The van der Waals surface area contributed by atoms with Gasteiger partial charge in [0.15, 0.2) is 5.71 Å². The van der Waals surface area contributed by atoms with Crippen molar-refractivity contribution >= 4 is 52.6 Å². The molecule has 1 aromatic heterocycles. The maximum Gasteiger partial charge on any atom is 0.352 e. The van der Waals surface area contributed by atoms with Crippen LogP contribution < -0.4 is 5.32 Å². The minimum absolute atomic E-state index is 0.0923. The number of amides is 2. The molecule has 0 aromatic carbocycles. The number of carbonyl (C=O) groups excluding carboxylic acids is 3. The minimum atomic E-state index is -1.31. The lowest BCUT2D eigenvalue weighted by Gasteiger charge is -2.49. The quantitative estimate of drug-likeness (QED) is 0.254. The summed E-state index contributed by atoms with van der Waals surface area (Å²) in [4.78, 5) is 57.7. The molecule has 2 aliphatic heterocycles. The molecule has 0 unspecified atom stereocenters. The van der Waals surface area contributed by atoms with E-state index in [0.717, 1.165) is 4.90 Å². The lowest BCUT2D eigenvalue weighted by molar-refractivity contribution is -0.150. The number of fused-ring (bicyclic) bond motifs is 1. The van der Waals surface area contributed by atoms with E-state index in [1.807, 2.05) is 0 Å². The van der Waals surface area contributed by atoms with Crippen LogP contribution in [0.25, 0.3) is 0 Å². The van der Waals surface area contributed by atoms with Crippen molar-refractivity contribution in [3.05, 3.63) is 27.9 Å². The van der Waals surface area contributed by atoms with Gasteiger partial charge in [-0.25, -0.2) is 9.78 Å². The smallest absolute Gasteiger partial charge is 0.352 e. The number of esters is 1. The van der Waals surface area contributed by atoms with Gasteiger partial charge in [-0.15, -0.1) is 23.1 Å². The van der Waals surface area contributed by atoms with Gasteiger partial charge in [-0.3, -0.25) is 19.3 Å². The summed E-state index contributed by atoms with van der Waals surface area (Å²) in [5, 5.41) is 16.8. The van der Waals surface area contributed by atoms with Gasteiger partial charge in [0.05, 0.1) is 5.51 Å². The Hall–Kier alpha value is -2.93. The van der Waals surface area contributed by atoms with E-state index in [1.54, 1.807) is 5.38 Å². The Kier molecular flexibility index (Phi) is 6.17. The van der Waals surface area contributed by atoms with E-state index in [2.05, 4.69) is 20.3 Å². The number of thiazole rings is 1. The molecule has 2 N–H and O–H groups in total. The first-order valence-electron chi connectivity index (χ1n) is 8.19. The first-order valence-corrected chi connectivity index (χ1v) is 10.2. The molecule has 13 heteroatoms. The third-order valence-electron chi connectivity index (χ3n) is 4.06. The zero-order valence-electron chi connectivity index (χ0n) is 15.3. The second-order valence-electron chi connectivity index (χ2n) is 5.89. The molecule has 0 aliphatic carbocycles. The third kappa shape index (κ3) is 4.10. The summed E-state index contributed by atoms with van der Waals surface area (Å²) in [6, 6.07) is -0.933. The molecule has 11 nitrogen and oxygen atoms in total. The van der Waals surface area contributed by atoms with Crippen molar-refractivity contribution in [3.8, 4) is 0 Å². The summed E-state index contributed by atoms with van der Waals surface area (Å²) >= 11 is 2.53. The summed E-state index contributed by atoms with van der Waals surface area (Å²) in [7, 11) is 1.28. The largest absolute Gasteiger partial charge is 0.477 e. The Morgan fingerprint density at radius 2 is 2.21 bits per heavy atom. The van der Waals surface area contributed by atoms with Crippen molar-refractivity contribution in [3.63, 3.8) is 0 Å². The van der Waals surface area contributed by atoms with Crippen molar-refractivity contribution in [1.82, 2.24) is 15.2 Å². The molecular formula is C16H16N4O7S2. The van der Waals surface area contributed by atoms with E-state index < -0.39 is 35.2 Å². The molecule has 0 spiro atoms. The van der Waals surface area contributed by atoms with Gasteiger partial charge < -0.3 is 20.0 Å². The SMILES string of the molecule is CON=C(C(=O)N[C@@H]1C(=O)N2C(C(=O)O)=C(COC(C)=O)CS[C@H]12)c1cscn1. The molecule has 0 bridgehead atoms. The highest BCUT2D eigenvalue weighted by Gasteiger charge is 2.54. The summed E-state index contributed by atoms with van der Waals surface area (Å²) in [5.74, 6) is -2.87. The van der Waals surface area contributed by atoms with E-state index in [4.69, 9.17) is 4.74 Å². The second-order valence-corrected chi connectivity index (χ2v) is 7.72. The third-order valence-corrected chi connectivity index (χ3v) is 5.98. The van der Waals surface area contributed by atoms with Gasteiger partial charge in [0.1, 0.15) is 36.5 Å². The fourth-order valence-corrected chi connectivity index (χ4v) is 4.68. The zero-order valence-corrected chi connectivity index (χ0v) is 16.9. The van der Waals surface area contributed by atoms with E-state index >= 15 is 0 Å². The van der Waals surface area contributed by atoms with Gasteiger partial charge >= 0.3 is 11.9 Å². The summed E-state index contributed by atoms with van der Waals surface area (Å²) in [6.07, 6.45) is 0. The number of nitrogens with one attached hydrogen (secondary N) is 1. The molecule has 2 atom stereocenters. The summed E-state index contributed by atoms with van der Waals surface area (Å²) < 4.78 is 4.88. The van der Waals surface area contributed by atoms with Gasteiger partial charge in [0.2, 0.25) is 0 Å². The molecule has 3 heterocycles. The fourth-order valence-electron chi connectivity index (χ4n) is 2.82. The highest BCUT2D eigenvalue weighted by Crippen LogP contribution is 2.40. The topological polar surface area (TPSA) is 147 Å². The van der Waals surface area contributed by atoms with Crippen LogP contribution in [0.2, 0.25) is 0 Å². The number of oxime groups is 1. The molecule has 1 saturated heterocycles. The number of thioether (sulfide) groups is 1. The van der Waals surface area contributed by atoms with E-state index in [1.165, 1.54) is 42.6 Å². The molecule has 3 rings (SSSR count). The number of rotatable bonds is 7. The molecule has 1 fully saturated rings. The number of aromatic nitrogens is 1. The number of β-lactam (4-membered cyclic amide) rings is 1. The van der Waals surface area contributed by atoms with E-state index in [9.17, 15) is 24.3 Å². The van der Waals surface area contributed by atoms with Crippen molar-refractivity contribution < 1.29 is 33.9 Å². The van der Waals surface area contributed by atoms with Gasteiger partial charge in [-0.05, 0) is 0 Å². The van der Waals surface area contributed by atoms with Crippen LogP contribution in [0.3, 0.4) is 0 Å². The number of ether oxygens (including phenoxy) is 1. The molecule has 2 aliphatic rings. The Labute approximate surface area is 172 Å². The highest BCUT2D eigenvalue weighted by molar-refractivity contribution is 8.00. The Morgan fingerprint density at radius 3 is 2.79 bits per heavy atom. The molecule has 2 amide bonds. The van der Waals surface area contributed by atoms with Crippen molar-refractivity contribution in [1.29, 1.82) is 0 Å². The first-order chi connectivity index (χ1) is 13.8. The lowest BCUT2D eigenvalue weighted by Crippen LogP contribution is -2.71. The molecule has 0 saturated carbocycles.